The average molecular weight is 232 g/mol. The molecule has 17 heavy (non-hydrogen) atoms. The second kappa shape index (κ2) is 3.66. The van der Waals surface area contributed by atoms with Gasteiger partial charge in [-0.15, -0.1) is 0 Å². The minimum Gasteiger partial charge on any atom is -0.377 e. The fourth-order valence-electron chi connectivity index (χ4n) is 2.52. The molecule has 0 aromatic heterocycles. The van der Waals surface area contributed by atoms with Gasteiger partial charge >= 0.3 is 0 Å². The number of rotatable bonds is 0. The van der Waals surface area contributed by atoms with Crippen molar-refractivity contribution in [2.24, 2.45) is 0 Å². The van der Waals surface area contributed by atoms with Crippen molar-refractivity contribution in [1.29, 1.82) is 0 Å². The van der Waals surface area contributed by atoms with Gasteiger partial charge in [0.1, 0.15) is 0 Å². The third kappa shape index (κ3) is 2.41. The van der Waals surface area contributed by atoms with Gasteiger partial charge in [0.2, 0.25) is 0 Å². The molecule has 0 saturated heterocycles. The number of hydrogen-bond acceptors (Lipinski definition) is 2. The van der Waals surface area contributed by atoms with E-state index in [1.54, 1.807) is 0 Å². The van der Waals surface area contributed by atoms with Crippen molar-refractivity contribution < 1.29 is 0 Å². The first kappa shape index (κ1) is 12.3. The van der Waals surface area contributed by atoms with Crippen LogP contribution in [0.1, 0.15) is 40.2 Å². The van der Waals surface area contributed by atoms with Crippen molar-refractivity contribution in [1.82, 2.24) is 0 Å². The standard InChI is InChI=1S/C15H24N2/c1-14(2,3)11-7-8-13-12(9-11)16-15(4,5)10-17(13)6/h7-9,16H,10H2,1-6H3. The summed E-state index contributed by atoms with van der Waals surface area (Å²) in [4.78, 5) is 2.33. The highest BCUT2D eigenvalue weighted by Crippen LogP contribution is 2.36. The Hall–Kier alpha value is -1.18. The summed E-state index contributed by atoms with van der Waals surface area (Å²) in [5.74, 6) is 0. The normalized spacial score (nSPS) is 18.6. The van der Waals surface area contributed by atoms with E-state index in [1.165, 1.54) is 16.9 Å². The molecule has 0 amide bonds. The molecule has 0 bridgehead atoms. The summed E-state index contributed by atoms with van der Waals surface area (Å²) in [6, 6.07) is 6.78. The quantitative estimate of drug-likeness (QED) is 0.735. The summed E-state index contributed by atoms with van der Waals surface area (Å²) in [7, 11) is 2.16. The van der Waals surface area contributed by atoms with Crippen LogP contribution in [0.15, 0.2) is 18.2 Å². The Bertz CT molecular complexity index is 427. The molecule has 1 N–H and O–H groups in total. The zero-order valence-electron chi connectivity index (χ0n) is 11.9. The molecular formula is C15H24N2. The van der Waals surface area contributed by atoms with Crippen molar-refractivity contribution in [3.63, 3.8) is 0 Å². The molecule has 0 fully saturated rings. The second-order valence-corrected chi connectivity index (χ2v) is 6.85. The lowest BCUT2D eigenvalue weighted by molar-refractivity contribution is 0.547. The van der Waals surface area contributed by atoms with Crippen molar-refractivity contribution in [3.05, 3.63) is 23.8 Å². The molecule has 0 atom stereocenters. The topological polar surface area (TPSA) is 15.3 Å². The molecule has 1 aliphatic heterocycles. The Morgan fingerprint density at radius 2 is 1.88 bits per heavy atom. The van der Waals surface area contributed by atoms with E-state index in [0.717, 1.165) is 6.54 Å². The summed E-state index contributed by atoms with van der Waals surface area (Å²) < 4.78 is 0. The van der Waals surface area contributed by atoms with Gasteiger partial charge in [-0.2, -0.15) is 0 Å². The predicted octanol–water partition coefficient (Wildman–Crippen LogP) is 3.62. The highest BCUT2D eigenvalue weighted by molar-refractivity contribution is 5.74. The van der Waals surface area contributed by atoms with Crippen LogP contribution in [-0.2, 0) is 5.41 Å². The van der Waals surface area contributed by atoms with E-state index in [2.05, 4.69) is 70.1 Å². The summed E-state index contributed by atoms with van der Waals surface area (Å²) in [5.41, 5.74) is 4.29. The van der Waals surface area contributed by atoms with E-state index in [9.17, 15) is 0 Å². The molecule has 1 heterocycles. The van der Waals surface area contributed by atoms with Gasteiger partial charge in [-0.05, 0) is 37.0 Å². The zero-order valence-corrected chi connectivity index (χ0v) is 11.9. The van der Waals surface area contributed by atoms with E-state index in [0.29, 0.717) is 0 Å². The molecule has 0 saturated carbocycles. The fourth-order valence-corrected chi connectivity index (χ4v) is 2.52. The van der Waals surface area contributed by atoms with Crippen LogP contribution in [-0.4, -0.2) is 19.1 Å². The zero-order chi connectivity index (χ0) is 12.8. The van der Waals surface area contributed by atoms with Crippen LogP contribution in [0.2, 0.25) is 0 Å². The van der Waals surface area contributed by atoms with Gasteiger partial charge in [-0.25, -0.2) is 0 Å². The molecular weight excluding hydrogens is 208 g/mol. The smallest absolute Gasteiger partial charge is 0.0600 e. The van der Waals surface area contributed by atoms with E-state index < -0.39 is 0 Å². The van der Waals surface area contributed by atoms with Crippen molar-refractivity contribution in [2.75, 3.05) is 23.8 Å². The number of nitrogens with one attached hydrogen (secondary N) is 1. The third-order valence-corrected chi connectivity index (χ3v) is 3.38. The Morgan fingerprint density at radius 3 is 2.47 bits per heavy atom. The first-order valence-electron chi connectivity index (χ1n) is 6.33. The van der Waals surface area contributed by atoms with E-state index in [-0.39, 0.29) is 11.0 Å². The molecule has 2 rings (SSSR count). The lowest BCUT2D eigenvalue weighted by Gasteiger charge is -2.41. The number of nitrogens with zero attached hydrogens (tertiary/aromatic N) is 1. The molecule has 0 radical (unpaired) electrons. The first-order chi connectivity index (χ1) is 7.69. The van der Waals surface area contributed by atoms with Crippen LogP contribution in [0.25, 0.3) is 0 Å². The van der Waals surface area contributed by atoms with E-state index in [4.69, 9.17) is 0 Å². The van der Waals surface area contributed by atoms with Crippen molar-refractivity contribution in [3.8, 4) is 0 Å². The fraction of sp³-hybridized carbons (Fsp3) is 0.600. The first-order valence-corrected chi connectivity index (χ1v) is 6.33. The number of likely N-dealkylation sites (N-methyl/N-ethyl adjacent to an activating group) is 1. The number of anilines is 2. The Morgan fingerprint density at radius 1 is 1.24 bits per heavy atom. The Labute approximate surface area is 105 Å². The third-order valence-electron chi connectivity index (χ3n) is 3.38. The van der Waals surface area contributed by atoms with E-state index >= 15 is 0 Å². The van der Waals surface area contributed by atoms with Crippen LogP contribution in [0.4, 0.5) is 11.4 Å². The Kier molecular flexibility index (Phi) is 2.64. The molecule has 2 heteroatoms. The van der Waals surface area contributed by atoms with Gasteiger partial charge in [-0.3, -0.25) is 0 Å². The highest BCUT2D eigenvalue weighted by atomic mass is 15.2. The number of fused-ring (bicyclic) bond motifs is 1. The Balaban J connectivity index is 2.45. The molecule has 0 aliphatic carbocycles. The lowest BCUT2D eigenvalue weighted by Crippen LogP contribution is -2.47. The maximum Gasteiger partial charge on any atom is 0.0600 e. The lowest BCUT2D eigenvalue weighted by atomic mass is 9.86. The molecule has 1 aliphatic rings. The second-order valence-electron chi connectivity index (χ2n) is 6.85. The summed E-state index contributed by atoms with van der Waals surface area (Å²) in [6.07, 6.45) is 0. The highest BCUT2D eigenvalue weighted by Gasteiger charge is 2.28. The van der Waals surface area contributed by atoms with E-state index in [1.807, 2.05) is 0 Å². The van der Waals surface area contributed by atoms with Gasteiger partial charge in [0.15, 0.2) is 0 Å². The van der Waals surface area contributed by atoms with Crippen LogP contribution in [0.5, 0.6) is 0 Å². The molecule has 1 aromatic rings. The summed E-state index contributed by atoms with van der Waals surface area (Å²) >= 11 is 0. The van der Waals surface area contributed by atoms with Crippen molar-refractivity contribution in [2.45, 2.75) is 45.6 Å². The van der Waals surface area contributed by atoms with Crippen molar-refractivity contribution >= 4 is 11.4 Å². The molecule has 2 nitrogen and oxygen atoms in total. The average Bonchev–Trinajstić information content (AvgIpc) is 2.13. The van der Waals surface area contributed by atoms with Gasteiger partial charge in [0.25, 0.3) is 0 Å². The van der Waals surface area contributed by atoms with Gasteiger partial charge in [-0.1, -0.05) is 26.8 Å². The van der Waals surface area contributed by atoms with Crippen LogP contribution >= 0.6 is 0 Å². The summed E-state index contributed by atoms with van der Waals surface area (Å²) in [6.45, 7) is 12.3. The molecule has 0 spiro atoms. The van der Waals surface area contributed by atoms with Crippen LogP contribution < -0.4 is 10.2 Å². The van der Waals surface area contributed by atoms with Gasteiger partial charge in [0.05, 0.1) is 11.4 Å². The maximum atomic E-state index is 3.64. The monoisotopic (exact) mass is 232 g/mol. The number of benzene rings is 1. The van der Waals surface area contributed by atoms with Crippen LogP contribution in [0.3, 0.4) is 0 Å². The maximum absolute atomic E-state index is 3.64. The van der Waals surface area contributed by atoms with Crippen LogP contribution in [0, 0.1) is 0 Å². The molecule has 1 aromatic carbocycles. The minimum absolute atomic E-state index is 0.137. The SMILES string of the molecule is CN1CC(C)(C)Nc2cc(C(C)(C)C)ccc21. The molecule has 94 valence electrons. The predicted molar refractivity (Wildman–Crippen MR) is 76.1 cm³/mol. The largest absolute Gasteiger partial charge is 0.377 e. The molecule has 0 unspecified atom stereocenters. The summed E-state index contributed by atoms with van der Waals surface area (Å²) in [5, 5.41) is 3.64. The van der Waals surface area contributed by atoms with Gasteiger partial charge in [0, 0.05) is 19.1 Å². The minimum atomic E-state index is 0.137. The van der Waals surface area contributed by atoms with Gasteiger partial charge < -0.3 is 10.2 Å². The number of hydrogen-bond donors (Lipinski definition) is 1.